The molecule has 1 aromatic heterocycles. The smallest absolute Gasteiger partial charge is 0.214 e. The van der Waals surface area contributed by atoms with Gasteiger partial charge in [-0.05, 0) is 43.7 Å². The molecule has 1 aliphatic carbocycles. The molecule has 124 valence electrons. The zero-order valence-electron chi connectivity index (χ0n) is 13.8. The standard InChI is InChI=1S/C18H25FN4/c1-12(2)14-9-15(11-20)13(3)16(10-14)21-7-8-22-18-6-4-5-17(19)23-18/h4-6,13-16,21H,1,7-10H2,2-3H3,(H,22,23)/t13?,14-,15?,16?/m1/s1. The highest BCUT2D eigenvalue weighted by Gasteiger charge is 2.35. The molecule has 2 rings (SSSR count). The number of nitriles is 1. The third-order valence-electron chi connectivity index (χ3n) is 4.76. The average Bonchev–Trinajstić information content (AvgIpc) is 2.52. The average molecular weight is 316 g/mol. The zero-order valence-corrected chi connectivity index (χ0v) is 13.8. The number of nitrogens with zero attached hydrogens (tertiary/aromatic N) is 2. The Balaban J connectivity index is 1.83. The second-order valence-electron chi connectivity index (χ2n) is 6.44. The molecule has 0 spiro atoms. The maximum absolute atomic E-state index is 13.0. The van der Waals surface area contributed by atoms with Crippen molar-refractivity contribution in [2.24, 2.45) is 17.8 Å². The van der Waals surface area contributed by atoms with E-state index in [1.165, 1.54) is 6.07 Å². The van der Waals surface area contributed by atoms with Crippen molar-refractivity contribution in [3.63, 3.8) is 0 Å². The monoisotopic (exact) mass is 316 g/mol. The Morgan fingerprint density at radius 1 is 1.43 bits per heavy atom. The fourth-order valence-corrected chi connectivity index (χ4v) is 3.22. The lowest BCUT2D eigenvalue weighted by atomic mass is 9.70. The van der Waals surface area contributed by atoms with Crippen molar-refractivity contribution in [1.82, 2.24) is 10.3 Å². The molecule has 1 saturated carbocycles. The first kappa shape index (κ1) is 17.4. The van der Waals surface area contributed by atoms with E-state index >= 15 is 0 Å². The van der Waals surface area contributed by atoms with Crippen LogP contribution < -0.4 is 10.6 Å². The molecule has 0 radical (unpaired) electrons. The molecule has 1 aliphatic rings. The maximum atomic E-state index is 13.0. The number of hydrogen-bond donors (Lipinski definition) is 2. The Labute approximate surface area is 137 Å². The van der Waals surface area contributed by atoms with Crippen molar-refractivity contribution < 1.29 is 4.39 Å². The molecular weight excluding hydrogens is 291 g/mol. The van der Waals surface area contributed by atoms with Gasteiger partial charge in [-0.2, -0.15) is 9.65 Å². The fourth-order valence-electron chi connectivity index (χ4n) is 3.22. The van der Waals surface area contributed by atoms with Crippen LogP contribution in [-0.4, -0.2) is 24.1 Å². The predicted molar refractivity (Wildman–Crippen MR) is 90.3 cm³/mol. The van der Waals surface area contributed by atoms with Crippen LogP contribution in [0.2, 0.25) is 0 Å². The first-order valence-electron chi connectivity index (χ1n) is 8.16. The summed E-state index contributed by atoms with van der Waals surface area (Å²) in [5.74, 6) is 0.859. The number of hydrogen-bond acceptors (Lipinski definition) is 4. The third kappa shape index (κ3) is 4.77. The molecule has 0 aromatic carbocycles. The summed E-state index contributed by atoms with van der Waals surface area (Å²) in [6, 6.07) is 7.45. The number of nitrogens with one attached hydrogen (secondary N) is 2. The molecule has 5 heteroatoms. The molecular formula is C18H25FN4. The molecule has 4 nitrogen and oxygen atoms in total. The number of anilines is 1. The molecule has 0 amide bonds. The van der Waals surface area contributed by atoms with E-state index in [1.807, 2.05) is 6.92 Å². The Bertz CT molecular complexity index is 581. The van der Waals surface area contributed by atoms with Crippen molar-refractivity contribution in [2.45, 2.75) is 32.7 Å². The van der Waals surface area contributed by atoms with Gasteiger partial charge < -0.3 is 10.6 Å². The summed E-state index contributed by atoms with van der Waals surface area (Å²) in [6.07, 6.45) is 1.93. The lowest BCUT2D eigenvalue weighted by molar-refractivity contribution is 0.194. The van der Waals surface area contributed by atoms with Gasteiger partial charge in [0.15, 0.2) is 0 Å². The molecule has 1 aromatic rings. The summed E-state index contributed by atoms with van der Waals surface area (Å²) >= 11 is 0. The Morgan fingerprint density at radius 3 is 2.87 bits per heavy atom. The first-order chi connectivity index (χ1) is 11.0. The minimum absolute atomic E-state index is 0.0702. The first-order valence-corrected chi connectivity index (χ1v) is 8.16. The van der Waals surface area contributed by atoms with Gasteiger partial charge in [-0.1, -0.05) is 25.1 Å². The van der Waals surface area contributed by atoms with Crippen LogP contribution in [-0.2, 0) is 0 Å². The molecule has 0 saturated heterocycles. The van der Waals surface area contributed by atoms with Gasteiger partial charge in [-0.15, -0.1) is 0 Å². The van der Waals surface area contributed by atoms with Gasteiger partial charge in [-0.25, -0.2) is 4.98 Å². The highest BCUT2D eigenvalue weighted by Crippen LogP contribution is 2.36. The summed E-state index contributed by atoms with van der Waals surface area (Å²) < 4.78 is 13.0. The lowest BCUT2D eigenvalue weighted by Gasteiger charge is -2.38. The molecule has 1 heterocycles. The highest BCUT2D eigenvalue weighted by atomic mass is 19.1. The maximum Gasteiger partial charge on any atom is 0.214 e. The largest absolute Gasteiger partial charge is 0.369 e. The van der Waals surface area contributed by atoms with Crippen molar-refractivity contribution in [3.05, 3.63) is 36.3 Å². The quantitative estimate of drug-likeness (QED) is 0.480. The molecule has 4 atom stereocenters. The Kier molecular flexibility index (Phi) is 6.12. The molecule has 2 N–H and O–H groups in total. The van der Waals surface area contributed by atoms with E-state index < -0.39 is 5.95 Å². The molecule has 0 bridgehead atoms. The van der Waals surface area contributed by atoms with E-state index in [9.17, 15) is 9.65 Å². The van der Waals surface area contributed by atoms with Gasteiger partial charge in [0.05, 0.1) is 12.0 Å². The Morgan fingerprint density at radius 2 is 2.22 bits per heavy atom. The van der Waals surface area contributed by atoms with Crippen molar-refractivity contribution in [2.75, 3.05) is 18.4 Å². The minimum Gasteiger partial charge on any atom is -0.369 e. The van der Waals surface area contributed by atoms with E-state index in [1.54, 1.807) is 12.1 Å². The summed E-state index contributed by atoms with van der Waals surface area (Å²) in [7, 11) is 0. The van der Waals surface area contributed by atoms with E-state index in [0.717, 1.165) is 25.0 Å². The van der Waals surface area contributed by atoms with Crippen molar-refractivity contribution in [3.8, 4) is 6.07 Å². The van der Waals surface area contributed by atoms with Crippen LogP contribution in [0.25, 0.3) is 0 Å². The molecule has 23 heavy (non-hydrogen) atoms. The van der Waals surface area contributed by atoms with Crippen LogP contribution >= 0.6 is 0 Å². The van der Waals surface area contributed by atoms with Crippen LogP contribution in [0.4, 0.5) is 10.2 Å². The number of allylic oxidation sites excluding steroid dienone is 1. The summed E-state index contributed by atoms with van der Waals surface area (Å²) in [6.45, 7) is 9.65. The fraction of sp³-hybridized carbons (Fsp3) is 0.556. The van der Waals surface area contributed by atoms with Crippen LogP contribution in [0.3, 0.4) is 0 Å². The number of halogens is 1. The summed E-state index contributed by atoms with van der Waals surface area (Å²) in [4.78, 5) is 3.77. The molecule has 0 aliphatic heterocycles. The van der Waals surface area contributed by atoms with Crippen LogP contribution in [0.5, 0.6) is 0 Å². The zero-order chi connectivity index (χ0) is 16.8. The molecule has 3 unspecified atom stereocenters. The SMILES string of the molecule is C=C(C)[C@@H]1CC(C#N)C(C)C(NCCNc2cccc(F)n2)C1. The van der Waals surface area contributed by atoms with E-state index in [0.29, 0.717) is 30.2 Å². The lowest BCUT2D eigenvalue weighted by Crippen LogP contribution is -2.45. The minimum atomic E-state index is -0.481. The summed E-state index contributed by atoms with van der Waals surface area (Å²) in [5, 5.41) is 16.0. The third-order valence-corrected chi connectivity index (χ3v) is 4.76. The van der Waals surface area contributed by atoms with Gasteiger partial charge in [0, 0.05) is 19.1 Å². The topological polar surface area (TPSA) is 60.7 Å². The van der Waals surface area contributed by atoms with Crippen LogP contribution in [0, 0.1) is 35.0 Å². The second-order valence-corrected chi connectivity index (χ2v) is 6.44. The van der Waals surface area contributed by atoms with E-state index in [2.05, 4.69) is 35.2 Å². The van der Waals surface area contributed by atoms with E-state index in [4.69, 9.17) is 0 Å². The van der Waals surface area contributed by atoms with Crippen LogP contribution in [0.15, 0.2) is 30.4 Å². The van der Waals surface area contributed by atoms with Gasteiger partial charge in [-0.3, -0.25) is 0 Å². The Hall–Kier alpha value is -1.93. The number of rotatable bonds is 6. The van der Waals surface area contributed by atoms with Gasteiger partial charge in [0.25, 0.3) is 0 Å². The van der Waals surface area contributed by atoms with Crippen molar-refractivity contribution >= 4 is 5.82 Å². The van der Waals surface area contributed by atoms with E-state index in [-0.39, 0.29) is 5.92 Å². The summed E-state index contributed by atoms with van der Waals surface area (Å²) in [5.41, 5.74) is 1.16. The number of pyridine rings is 1. The van der Waals surface area contributed by atoms with Gasteiger partial charge in [0.2, 0.25) is 5.95 Å². The second kappa shape index (κ2) is 8.07. The highest BCUT2D eigenvalue weighted by molar-refractivity contribution is 5.33. The number of aromatic nitrogens is 1. The van der Waals surface area contributed by atoms with Crippen molar-refractivity contribution in [1.29, 1.82) is 5.26 Å². The van der Waals surface area contributed by atoms with Gasteiger partial charge >= 0.3 is 0 Å². The van der Waals surface area contributed by atoms with Gasteiger partial charge in [0.1, 0.15) is 5.82 Å². The van der Waals surface area contributed by atoms with Crippen LogP contribution in [0.1, 0.15) is 26.7 Å². The normalized spacial score (nSPS) is 27.2. The predicted octanol–water partition coefficient (Wildman–Crippen LogP) is 3.35. The molecule has 1 fully saturated rings.